The van der Waals surface area contributed by atoms with Crippen LogP contribution in [0.5, 0.6) is 0 Å². The van der Waals surface area contributed by atoms with Crippen molar-refractivity contribution in [1.82, 2.24) is 15.1 Å². The molecule has 0 bridgehead atoms. The maximum absolute atomic E-state index is 12.2. The van der Waals surface area contributed by atoms with E-state index in [-0.39, 0.29) is 11.6 Å². The molecule has 1 aliphatic carbocycles. The van der Waals surface area contributed by atoms with Crippen molar-refractivity contribution in [3.63, 3.8) is 0 Å². The van der Waals surface area contributed by atoms with Crippen LogP contribution in [0.25, 0.3) is 0 Å². The summed E-state index contributed by atoms with van der Waals surface area (Å²) in [5.74, 6) is 0. The van der Waals surface area contributed by atoms with Crippen LogP contribution in [-0.2, 0) is 0 Å². The number of amides is 2. The highest BCUT2D eigenvalue weighted by Gasteiger charge is 2.25. The lowest BCUT2D eigenvalue weighted by atomic mass is 9.96. The molecule has 0 aromatic carbocycles. The Kier molecular flexibility index (Phi) is 5.27. The van der Waals surface area contributed by atoms with Gasteiger partial charge in [-0.1, -0.05) is 19.3 Å². The van der Waals surface area contributed by atoms with E-state index in [0.29, 0.717) is 6.04 Å². The fraction of sp³-hybridized carbons (Fsp3) is 0.933. The molecule has 0 radical (unpaired) electrons. The van der Waals surface area contributed by atoms with Crippen molar-refractivity contribution in [1.29, 1.82) is 0 Å². The lowest BCUT2D eigenvalue weighted by Crippen LogP contribution is -2.56. The Morgan fingerprint density at radius 3 is 2.30 bits per heavy atom. The Labute approximate surface area is 122 Å². The highest BCUT2D eigenvalue weighted by Crippen LogP contribution is 2.17. The minimum Gasteiger partial charge on any atom is -0.335 e. The van der Waals surface area contributed by atoms with Gasteiger partial charge < -0.3 is 16.0 Å². The number of nitrogens with one attached hydrogen (secondary N) is 1. The average molecular weight is 282 g/mol. The first-order valence-electron chi connectivity index (χ1n) is 8.01. The third kappa shape index (κ3) is 4.94. The number of urea groups is 1. The van der Waals surface area contributed by atoms with E-state index in [1.54, 1.807) is 0 Å². The molecule has 0 atom stereocenters. The summed E-state index contributed by atoms with van der Waals surface area (Å²) in [5.41, 5.74) is 5.89. The summed E-state index contributed by atoms with van der Waals surface area (Å²) in [7, 11) is 0. The highest BCUT2D eigenvalue weighted by molar-refractivity contribution is 5.74. The molecule has 1 aliphatic heterocycles. The number of nitrogens with two attached hydrogens (primary N) is 1. The summed E-state index contributed by atoms with van der Waals surface area (Å²) in [6.45, 7) is 8.48. The monoisotopic (exact) mass is 282 g/mol. The number of hydrogen-bond donors (Lipinski definition) is 2. The standard InChI is InChI=1S/C15H30N4O/c1-15(2,16)12-18-8-10-19(11-9-18)14(20)17-13-6-4-3-5-7-13/h13H,3-12,16H2,1-2H3,(H,17,20). The van der Waals surface area contributed by atoms with Crippen LogP contribution in [0.4, 0.5) is 4.79 Å². The number of hydrogen-bond acceptors (Lipinski definition) is 3. The molecule has 2 rings (SSSR count). The van der Waals surface area contributed by atoms with Crippen LogP contribution in [0.3, 0.4) is 0 Å². The second-order valence-electron chi connectivity index (χ2n) is 7.04. The van der Waals surface area contributed by atoms with Crippen molar-refractivity contribution in [2.24, 2.45) is 5.73 Å². The van der Waals surface area contributed by atoms with Gasteiger partial charge in [-0.15, -0.1) is 0 Å². The summed E-state index contributed by atoms with van der Waals surface area (Å²) in [6, 6.07) is 0.529. The molecule has 1 saturated heterocycles. The molecule has 0 spiro atoms. The third-order valence-electron chi connectivity index (χ3n) is 4.22. The second kappa shape index (κ2) is 6.76. The summed E-state index contributed by atoms with van der Waals surface area (Å²) in [5, 5.41) is 3.20. The summed E-state index contributed by atoms with van der Waals surface area (Å²) < 4.78 is 0. The van der Waals surface area contributed by atoms with Gasteiger partial charge in [0.25, 0.3) is 0 Å². The number of carbonyl (C=O) groups is 1. The lowest BCUT2D eigenvalue weighted by molar-refractivity contribution is 0.123. The van der Waals surface area contributed by atoms with Crippen LogP contribution in [0.2, 0.25) is 0 Å². The van der Waals surface area contributed by atoms with Crippen LogP contribution < -0.4 is 11.1 Å². The van der Waals surface area contributed by atoms with E-state index in [1.807, 2.05) is 4.90 Å². The van der Waals surface area contributed by atoms with Crippen molar-refractivity contribution in [2.75, 3.05) is 32.7 Å². The molecule has 5 heteroatoms. The molecule has 5 nitrogen and oxygen atoms in total. The van der Waals surface area contributed by atoms with Gasteiger partial charge in [0, 0.05) is 44.3 Å². The quantitative estimate of drug-likeness (QED) is 0.822. The zero-order chi connectivity index (χ0) is 14.6. The molecule has 0 aromatic heterocycles. The number of carbonyl (C=O) groups excluding carboxylic acids is 1. The van der Waals surface area contributed by atoms with Crippen LogP contribution in [-0.4, -0.2) is 60.1 Å². The largest absolute Gasteiger partial charge is 0.335 e. The molecule has 1 heterocycles. The van der Waals surface area contributed by atoms with E-state index >= 15 is 0 Å². The van der Waals surface area contributed by atoms with Gasteiger partial charge in [-0.05, 0) is 26.7 Å². The first kappa shape index (κ1) is 15.6. The topological polar surface area (TPSA) is 61.6 Å². The highest BCUT2D eigenvalue weighted by atomic mass is 16.2. The average Bonchev–Trinajstić information content (AvgIpc) is 2.39. The summed E-state index contributed by atoms with van der Waals surface area (Å²) in [4.78, 5) is 16.5. The molecule has 116 valence electrons. The van der Waals surface area contributed by atoms with Gasteiger partial charge in [0.1, 0.15) is 0 Å². The minimum absolute atomic E-state index is 0.128. The predicted octanol–water partition coefficient (Wildman–Crippen LogP) is 1.38. The van der Waals surface area contributed by atoms with Crippen molar-refractivity contribution < 1.29 is 4.79 Å². The molecule has 2 fully saturated rings. The summed E-state index contributed by atoms with van der Waals surface area (Å²) >= 11 is 0. The molecule has 2 aliphatic rings. The number of rotatable bonds is 3. The Balaban J connectivity index is 1.71. The van der Waals surface area contributed by atoms with Crippen LogP contribution >= 0.6 is 0 Å². The van der Waals surface area contributed by atoms with Gasteiger partial charge in [0.15, 0.2) is 0 Å². The molecule has 0 unspecified atom stereocenters. The Morgan fingerprint density at radius 1 is 1.15 bits per heavy atom. The van der Waals surface area contributed by atoms with Crippen molar-refractivity contribution in [2.45, 2.75) is 57.5 Å². The van der Waals surface area contributed by atoms with Crippen LogP contribution in [0.1, 0.15) is 46.0 Å². The lowest BCUT2D eigenvalue weighted by Gasteiger charge is -2.38. The maximum atomic E-state index is 12.2. The maximum Gasteiger partial charge on any atom is 0.317 e. The molecule has 1 saturated carbocycles. The third-order valence-corrected chi connectivity index (χ3v) is 4.22. The van der Waals surface area contributed by atoms with Gasteiger partial charge in [-0.3, -0.25) is 4.90 Å². The SMILES string of the molecule is CC(C)(N)CN1CCN(C(=O)NC2CCCCC2)CC1. The van der Waals surface area contributed by atoms with Gasteiger partial charge in [0.2, 0.25) is 0 Å². The minimum atomic E-state index is -0.160. The molecule has 2 amide bonds. The zero-order valence-corrected chi connectivity index (χ0v) is 13.0. The van der Waals surface area contributed by atoms with Crippen molar-refractivity contribution >= 4 is 6.03 Å². The zero-order valence-electron chi connectivity index (χ0n) is 13.0. The first-order valence-corrected chi connectivity index (χ1v) is 8.01. The smallest absolute Gasteiger partial charge is 0.317 e. The van der Waals surface area contributed by atoms with E-state index in [1.165, 1.54) is 19.3 Å². The van der Waals surface area contributed by atoms with E-state index in [9.17, 15) is 4.79 Å². The Bertz CT molecular complexity index is 312. The molecular formula is C15H30N4O. The molecular weight excluding hydrogens is 252 g/mol. The number of piperazine rings is 1. The fourth-order valence-corrected chi connectivity index (χ4v) is 3.20. The van der Waals surface area contributed by atoms with E-state index < -0.39 is 0 Å². The van der Waals surface area contributed by atoms with Crippen molar-refractivity contribution in [3.05, 3.63) is 0 Å². The van der Waals surface area contributed by atoms with E-state index in [0.717, 1.165) is 45.6 Å². The van der Waals surface area contributed by atoms with Crippen molar-refractivity contribution in [3.8, 4) is 0 Å². The first-order chi connectivity index (χ1) is 9.44. The van der Waals surface area contributed by atoms with Gasteiger partial charge in [0.05, 0.1) is 0 Å². The van der Waals surface area contributed by atoms with Crippen LogP contribution in [0.15, 0.2) is 0 Å². The predicted molar refractivity (Wildman–Crippen MR) is 81.7 cm³/mol. The van der Waals surface area contributed by atoms with E-state index in [2.05, 4.69) is 24.1 Å². The fourth-order valence-electron chi connectivity index (χ4n) is 3.20. The Hall–Kier alpha value is -0.810. The van der Waals surface area contributed by atoms with Crippen LogP contribution in [0, 0.1) is 0 Å². The molecule has 3 N–H and O–H groups in total. The van der Waals surface area contributed by atoms with E-state index in [4.69, 9.17) is 5.73 Å². The molecule has 0 aromatic rings. The van der Waals surface area contributed by atoms with Gasteiger partial charge >= 0.3 is 6.03 Å². The normalized spacial score (nSPS) is 22.9. The van der Waals surface area contributed by atoms with Gasteiger partial charge in [-0.25, -0.2) is 4.79 Å². The van der Waals surface area contributed by atoms with Gasteiger partial charge in [-0.2, -0.15) is 0 Å². The second-order valence-corrected chi connectivity index (χ2v) is 7.04. The number of nitrogens with zero attached hydrogens (tertiary/aromatic N) is 2. The summed E-state index contributed by atoms with van der Waals surface area (Å²) in [6.07, 6.45) is 6.12. The Morgan fingerprint density at radius 2 is 1.75 bits per heavy atom. The molecule has 20 heavy (non-hydrogen) atoms.